The summed E-state index contributed by atoms with van der Waals surface area (Å²) in [6.07, 6.45) is 0.450. The summed E-state index contributed by atoms with van der Waals surface area (Å²) in [7, 11) is 1.55. The molecule has 0 spiro atoms. The van der Waals surface area contributed by atoms with Crippen LogP contribution in [-0.4, -0.2) is 52.8 Å². The molecule has 0 aliphatic heterocycles. The van der Waals surface area contributed by atoms with Gasteiger partial charge in [0.2, 0.25) is 0 Å². The predicted molar refractivity (Wildman–Crippen MR) is 68.7 cm³/mol. The molecule has 0 saturated heterocycles. The first-order chi connectivity index (χ1) is 9.24. The fourth-order valence-corrected chi connectivity index (χ4v) is 1.80. The van der Waals surface area contributed by atoms with Crippen molar-refractivity contribution in [1.82, 2.24) is 20.7 Å². The predicted octanol–water partition coefficient (Wildman–Crippen LogP) is 0.0851. The van der Waals surface area contributed by atoms with Gasteiger partial charge in [0.1, 0.15) is 11.0 Å². The summed E-state index contributed by atoms with van der Waals surface area (Å²) in [5, 5.41) is 22.1. The lowest BCUT2D eigenvalue weighted by Crippen LogP contribution is -2.38. The van der Waals surface area contributed by atoms with E-state index in [-0.39, 0.29) is 18.6 Å². The quantitative estimate of drug-likeness (QED) is 0.686. The number of ether oxygens (including phenoxy) is 1. The Morgan fingerprint density at radius 2 is 2.26 bits per heavy atom. The highest BCUT2D eigenvalue weighted by molar-refractivity contribution is 5.97. The van der Waals surface area contributed by atoms with Gasteiger partial charge in [-0.1, -0.05) is 0 Å². The lowest BCUT2D eigenvalue weighted by Gasteiger charge is -2.16. The van der Waals surface area contributed by atoms with Crippen molar-refractivity contribution in [2.24, 2.45) is 0 Å². The number of aliphatic hydroxyl groups is 1. The molecule has 0 radical (unpaired) electrons. The van der Waals surface area contributed by atoms with Crippen molar-refractivity contribution in [3.05, 3.63) is 23.8 Å². The minimum absolute atomic E-state index is 0.00335. The van der Waals surface area contributed by atoms with Gasteiger partial charge in [0.15, 0.2) is 0 Å². The first-order valence-electron chi connectivity index (χ1n) is 5.95. The highest BCUT2D eigenvalue weighted by Crippen LogP contribution is 2.10. The van der Waals surface area contributed by atoms with Crippen LogP contribution in [0.2, 0.25) is 0 Å². The molecule has 19 heavy (non-hydrogen) atoms. The van der Waals surface area contributed by atoms with E-state index in [9.17, 15) is 4.79 Å². The van der Waals surface area contributed by atoms with Gasteiger partial charge in [0, 0.05) is 19.3 Å². The third-order valence-electron chi connectivity index (χ3n) is 2.76. The number of amides is 1. The van der Waals surface area contributed by atoms with Gasteiger partial charge in [-0.15, -0.1) is 0 Å². The fourth-order valence-electron chi connectivity index (χ4n) is 1.80. The Morgan fingerprint density at radius 3 is 3.00 bits per heavy atom. The van der Waals surface area contributed by atoms with Crippen LogP contribution in [-0.2, 0) is 4.74 Å². The minimum Gasteiger partial charge on any atom is -0.396 e. The maximum Gasteiger partial charge on any atom is 0.251 e. The van der Waals surface area contributed by atoms with Crippen LogP contribution >= 0.6 is 0 Å². The SMILES string of the molecule is COCC(CCO)NC(=O)c1ccc2n[nH]nc2c1. The number of H-pyrrole nitrogens is 1. The van der Waals surface area contributed by atoms with E-state index in [0.717, 1.165) is 0 Å². The van der Waals surface area contributed by atoms with Gasteiger partial charge < -0.3 is 15.2 Å². The van der Waals surface area contributed by atoms with Crippen molar-refractivity contribution in [2.75, 3.05) is 20.3 Å². The molecular formula is C12H16N4O3. The molecule has 0 aliphatic rings. The molecule has 7 heteroatoms. The van der Waals surface area contributed by atoms with Gasteiger partial charge in [0.25, 0.3) is 5.91 Å². The molecule has 1 heterocycles. The van der Waals surface area contributed by atoms with E-state index in [1.54, 1.807) is 25.3 Å². The Balaban J connectivity index is 2.09. The molecule has 0 aliphatic carbocycles. The van der Waals surface area contributed by atoms with E-state index in [0.29, 0.717) is 29.6 Å². The number of carbonyl (C=O) groups excluding carboxylic acids is 1. The van der Waals surface area contributed by atoms with Crippen LogP contribution in [0.15, 0.2) is 18.2 Å². The number of carbonyl (C=O) groups is 1. The van der Waals surface area contributed by atoms with E-state index in [1.807, 2.05) is 0 Å². The molecule has 0 fully saturated rings. The number of nitrogens with zero attached hydrogens (tertiary/aromatic N) is 2. The Morgan fingerprint density at radius 1 is 1.47 bits per heavy atom. The zero-order valence-electron chi connectivity index (χ0n) is 10.6. The second-order valence-electron chi connectivity index (χ2n) is 4.17. The molecule has 1 aromatic carbocycles. The molecule has 0 saturated carbocycles. The van der Waals surface area contributed by atoms with Crippen LogP contribution < -0.4 is 5.32 Å². The molecule has 7 nitrogen and oxygen atoms in total. The van der Waals surface area contributed by atoms with Crippen molar-refractivity contribution in [3.63, 3.8) is 0 Å². The second-order valence-corrected chi connectivity index (χ2v) is 4.17. The summed E-state index contributed by atoms with van der Waals surface area (Å²) in [5.74, 6) is -0.222. The number of aromatic amines is 1. The van der Waals surface area contributed by atoms with E-state index in [4.69, 9.17) is 9.84 Å². The van der Waals surface area contributed by atoms with Crippen LogP contribution in [0, 0.1) is 0 Å². The molecule has 3 N–H and O–H groups in total. The number of methoxy groups -OCH3 is 1. The summed E-state index contributed by atoms with van der Waals surface area (Å²) in [6.45, 7) is 0.356. The normalized spacial score (nSPS) is 12.5. The van der Waals surface area contributed by atoms with Crippen LogP contribution in [0.5, 0.6) is 0 Å². The Bertz CT molecular complexity index is 549. The van der Waals surface area contributed by atoms with Crippen LogP contribution in [0.3, 0.4) is 0 Å². The van der Waals surface area contributed by atoms with Crippen LogP contribution in [0.25, 0.3) is 11.0 Å². The molecular weight excluding hydrogens is 248 g/mol. The number of hydrogen-bond acceptors (Lipinski definition) is 5. The van der Waals surface area contributed by atoms with Gasteiger partial charge in [-0.3, -0.25) is 4.79 Å². The number of aliphatic hydroxyl groups excluding tert-OH is 1. The van der Waals surface area contributed by atoms with Gasteiger partial charge >= 0.3 is 0 Å². The lowest BCUT2D eigenvalue weighted by molar-refractivity contribution is 0.0879. The first kappa shape index (κ1) is 13.4. The molecule has 1 unspecified atom stereocenters. The summed E-state index contributed by atoms with van der Waals surface area (Å²) in [4.78, 5) is 12.1. The third kappa shape index (κ3) is 3.27. The van der Waals surface area contributed by atoms with Gasteiger partial charge in [-0.25, -0.2) is 0 Å². The Hall–Kier alpha value is -1.99. The van der Waals surface area contributed by atoms with Crippen molar-refractivity contribution >= 4 is 16.9 Å². The standard InChI is InChI=1S/C12H16N4O3/c1-19-7-9(4-5-17)13-12(18)8-2-3-10-11(6-8)15-16-14-10/h2-3,6,9,17H,4-5,7H2,1H3,(H,13,18)(H,14,15,16). The molecule has 1 amide bonds. The number of aromatic nitrogens is 3. The summed E-state index contributed by atoms with van der Waals surface area (Å²) in [6, 6.07) is 4.86. The lowest BCUT2D eigenvalue weighted by atomic mass is 10.1. The average molecular weight is 264 g/mol. The second kappa shape index (κ2) is 6.26. The highest BCUT2D eigenvalue weighted by Gasteiger charge is 2.14. The topological polar surface area (TPSA) is 100 Å². The first-order valence-corrected chi connectivity index (χ1v) is 5.95. The molecule has 1 aromatic heterocycles. The number of fused-ring (bicyclic) bond motifs is 1. The molecule has 102 valence electrons. The smallest absolute Gasteiger partial charge is 0.251 e. The highest BCUT2D eigenvalue weighted by atomic mass is 16.5. The van der Waals surface area contributed by atoms with Crippen molar-refractivity contribution in [2.45, 2.75) is 12.5 Å². The maximum atomic E-state index is 12.1. The number of nitrogens with one attached hydrogen (secondary N) is 2. The zero-order valence-corrected chi connectivity index (χ0v) is 10.6. The van der Waals surface area contributed by atoms with E-state index in [2.05, 4.69) is 20.7 Å². The largest absolute Gasteiger partial charge is 0.396 e. The van der Waals surface area contributed by atoms with Gasteiger partial charge in [-0.05, 0) is 24.6 Å². The number of benzene rings is 1. The van der Waals surface area contributed by atoms with Crippen molar-refractivity contribution in [3.8, 4) is 0 Å². The Kier molecular flexibility index (Phi) is 4.43. The molecule has 0 bridgehead atoms. The monoisotopic (exact) mass is 264 g/mol. The average Bonchev–Trinajstić information content (AvgIpc) is 2.86. The minimum atomic E-state index is -0.222. The fraction of sp³-hybridized carbons (Fsp3) is 0.417. The van der Waals surface area contributed by atoms with Crippen LogP contribution in [0.1, 0.15) is 16.8 Å². The summed E-state index contributed by atoms with van der Waals surface area (Å²) in [5.41, 5.74) is 1.85. The number of rotatable bonds is 6. The zero-order chi connectivity index (χ0) is 13.7. The van der Waals surface area contributed by atoms with Crippen molar-refractivity contribution < 1.29 is 14.6 Å². The maximum absolute atomic E-state index is 12.1. The molecule has 1 atom stereocenters. The van der Waals surface area contributed by atoms with Gasteiger partial charge in [-0.2, -0.15) is 15.4 Å². The van der Waals surface area contributed by atoms with Crippen LogP contribution in [0.4, 0.5) is 0 Å². The van der Waals surface area contributed by atoms with E-state index >= 15 is 0 Å². The van der Waals surface area contributed by atoms with Gasteiger partial charge in [0.05, 0.1) is 12.6 Å². The summed E-state index contributed by atoms with van der Waals surface area (Å²) < 4.78 is 5.00. The molecule has 2 rings (SSSR count). The van der Waals surface area contributed by atoms with E-state index in [1.165, 1.54) is 0 Å². The third-order valence-corrected chi connectivity index (χ3v) is 2.76. The van der Waals surface area contributed by atoms with E-state index < -0.39 is 0 Å². The number of hydrogen-bond donors (Lipinski definition) is 3. The summed E-state index contributed by atoms with van der Waals surface area (Å²) >= 11 is 0. The van der Waals surface area contributed by atoms with Crippen molar-refractivity contribution in [1.29, 1.82) is 0 Å². The Labute approximate surface area is 110 Å². The molecule has 2 aromatic rings.